The van der Waals surface area contributed by atoms with Crippen LogP contribution in [0.4, 0.5) is 21.5 Å². The molecule has 0 aromatic heterocycles. The number of amides is 2. The third kappa shape index (κ3) is 4.02. The van der Waals surface area contributed by atoms with Crippen LogP contribution in [0.1, 0.15) is 5.56 Å². The number of halogens is 2. The first-order chi connectivity index (χ1) is 14.8. The van der Waals surface area contributed by atoms with Crippen molar-refractivity contribution in [2.45, 2.75) is 0 Å². The van der Waals surface area contributed by atoms with E-state index in [4.69, 9.17) is 11.6 Å². The van der Waals surface area contributed by atoms with Gasteiger partial charge in [0.15, 0.2) is 0 Å². The fourth-order valence-electron chi connectivity index (χ4n) is 3.34. The Kier molecular flexibility index (Phi) is 5.48. The summed E-state index contributed by atoms with van der Waals surface area (Å²) < 4.78 is 13.5. The van der Waals surface area contributed by atoms with Gasteiger partial charge in [0.05, 0.1) is 11.3 Å². The predicted octanol–water partition coefficient (Wildman–Crippen LogP) is 4.94. The fourth-order valence-corrected chi connectivity index (χ4v) is 3.47. The smallest absolute Gasteiger partial charge is 0.282 e. The van der Waals surface area contributed by atoms with Crippen LogP contribution in [0.25, 0.3) is 5.57 Å². The van der Waals surface area contributed by atoms with Crippen molar-refractivity contribution in [3.8, 4) is 0 Å². The van der Waals surface area contributed by atoms with Crippen LogP contribution in [0, 0.1) is 5.82 Å². The van der Waals surface area contributed by atoms with E-state index in [0.29, 0.717) is 22.0 Å². The molecule has 3 aromatic rings. The Morgan fingerprint density at radius 1 is 0.839 bits per heavy atom. The molecular weight excluding hydrogens is 417 g/mol. The van der Waals surface area contributed by atoms with Gasteiger partial charge in [0.2, 0.25) is 0 Å². The van der Waals surface area contributed by atoms with Crippen LogP contribution in [0.15, 0.2) is 78.5 Å². The summed E-state index contributed by atoms with van der Waals surface area (Å²) in [6, 6.07) is 19.4. The van der Waals surface area contributed by atoms with Crippen LogP contribution >= 0.6 is 11.6 Å². The molecule has 1 N–H and O–H groups in total. The van der Waals surface area contributed by atoms with Crippen molar-refractivity contribution in [1.82, 2.24) is 0 Å². The Hall–Kier alpha value is -3.64. The molecule has 0 spiro atoms. The summed E-state index contributed by atoms with van der Waals surface area (Å²) >= 11 is 5.95. The second-order valence-corrected chi connectivity index (χ2v) is 7.68. The van der Waals surface area contributed by atoms with E-state index in [9.17, 15) is 14.0 Å². The molecule has 1 heterocycles. The van der Waals surface area contributed by atoms with Gasteiger partial charge in [-0.25, -0.2) is 9.29 Å². The molecule has 0 saturated carbocycles. The van der Waals surface area contributed by atoms with Crippen molar-refractivity contribution in [2.75, 3.05) is 29.2 Å². The second kappa shape index (κ2) is 8.24. The maximum absolute atomic E-state index is 13.5. The molecule has 4 rings (SSSR count). The highest BCUT2D eigenvalue weighted by atomic mass is 35.5. The summed E-state index contributed by atoms with van der Waals surface area (Å²) in [6.45, 7) is 0. The molecule has 0 saturated heterocycles. The Morgan fingerprint density at radius 2 is 1.45 bits per heavy atom. The number of carbonyl (C=O) groups excluding carboxylic acids is 2. The van der Waals surface area contributed by atoms with Crippen LogP contribution in [-0.2, 0) is 9.59 Å². The molecule has 1 aliphatic rings. The number of rotatable bonds is 5. The standard InChI is InChI=1S/C24H19ClFN3O2/c1-28(2)19-13-9-18(10-14-19)27-22-21(15-3-7-17(26)8-4-15)23(30)29(24(22)31)20-11-5-16(25)6-12-20/h3-14,27H,1-2H3. The largest absolute Gasteiger partial charge is 0.378 e. The number of hydrogen-bond donors (Lipinski definition) is 1. The summed E-state index contributed by atoms with van der Waals surface area (Å²) in [4.78, 5) is 29.7. The second-order valence-electron chi connectivity index (χ2n) is 7.25. The molecule has 0 bridgehead atoms. The van der Waals surface area contributed by atoms with Crippen LogP contribution in [0.5, 0.6) is 0 Å². The first kappa shape index (κ1) is 20.6. The maximum atomic E-state index is 13.5. The summed E-state index contributed by atoms with van der Waals surface area (Å²) in [5, 5.41) is 3.59. The number of hydrogen-bond acceptors (Lipinski definition) is 4. The third-order valence-electron chi connectivity index (χ3n) is 4.95. The topological polar surface area (TPSA) is 52.7 Å². The number of nitrogens with one attached hydrogen (secondary N) is 1. The lowest BCUT2D eigenvalue weighted by Gasteiger charge is -2.16. The summed E-state index contributed by atoms with van der Waals surface area (Å²) in [5.41, 5.74) is 2.80. The minimum Gasteiger partial charge on any atom is -0.378 e. The molecule has 5 nitrogen and oxygen atoms in total. The Labute approximate surface area is 184 Å². The lowest BCUT2D eigenvalue weighted by atomic mass is 10.0. The van der Waals surface area contributed by atoms with E-state index in [1.54, 1.807) is 24.3 Å². The molecule has 0 aliphatic carbocycles. The van der Waals surface area contributed by atoms with Crippen molar-refractivity contribution in [3.05, 3.63) is 94.9 Å². The Bertz CT molecular complexity index is 1170. The van der Waals surface area contributed by atoms with Gasteiger partial charge in [-0.2, -0.15) is 0 Å². The summed E-state index contributed by atoms with van der Waals surface area (Å²) in [6.07, 6.45) is 0. The maximum Gasteiger partial charge on any atom is 0.282 e. The Morgan fingerprint density at radius 3 is 2.03 bits per heavy atom. The zero-order valence-corrected chi connectivity index (χ0v) is 17.7. The average Bonchev–Trinajstić information content (AvgIpc) is 2.99. The molecular formula is C24H19ClFN3O2. The van der Waals surface area contributed by atoms with E-state index in [1.165, 1.54) is 24.3 Å². The number of imide groups is 1. The van der Waals surface area contributed by atoms with Crippen LogP contribution < -0.4 is 15.1 Å². The van der Waals surface area contributed by atoms with Crippen LogP contribution in [-0.4, -0.2) is 25.9 Å². The first-order valence-corrected chi connectivity index (χ1v) is 9.92. The van der Waals surface area contributed by atoms with E-state index >= 15 is 0 Å². The zero-order valence-electron chi connectivity index (χ0n) is 16.9. The fraction of sp³-hybridized carbons (Fsp3) is 0.0833. The molecule has 2 amide bonds. The highest BCUT2D eigenvalue weighted by Crippen LogP contribution is 2.34. The molecule has 0 radical (unpaired) electrons. The molecule has 156 valence electrons. The van der Waals surface area contributed by atoms with Crippen molar-refractivity contribution in [2.24, 2.45) is 0 Å². The van der Waals surface area contributed by atoms with Gasteiger partial charge in [0.25, 0.3) is 11.8 Å². The van der Waals surface area contributed by atoms with Gasteiger partial charge in [0, 0.05) is 30.5 Å². The van der Waals surface area contributed by atoms with Crippen LogP contribution in [0.3, 0.4) is 0 Å². The molecule has 3 aromatic carbocycles. The van der Waals surface area contributed by atoms with E-state index in [-0.39, 0.29) is 11.3 Å². The van der Waals surface area contributed by atoms with E-state index in [0.717, 1.165) is 10.6 Å². The highest BCUT2D eigenvalue weighted by molar-refractivity contribution is 6.46. The van der Waals surface area contributed by atoms with Gasteiger partial charge in [-0.3, -0.25) is 9.59 Å². The van der Waals surface area contributed by atoms with Gasteiger partial charge in [-0.05, 0) is 66.2 Å². The predicted molar refractivity (Wildman–Crippen MR) is 122 cm³/mol. The average molecular weight is 436 g/mol. The van der Waals surface area contributed by atoms with Crippen molar-refractivity contribution in [1.29, 1.82) is 0 Å². The molecule has 0 fully saturated rings. The monoisotopic (exact) mass is 435 g/mol. The number of nitrogens with zero attached hydrogens (tertiary/aromatic N) is 2. The molecule has 0 unspecified atom stereocenters. The summed E-state index contributed by atoms with van der Waals surface area (Å²) in [5.74, 6) is -1.42. The van der Waals surface area contributed by atoms with Crippen molar-refractivity contribution in [3.63, 3.8) is 0 Å². The minimum atomic E-state index is -0.497. The lowest BCUT2D eigenvalue weighted by molar-refractivity contribution is -0.120. The molecule has 7 heteroatoms. The van der Waals surface area contributed by atoms with Crippen molar-refractivity contribution < 1.29 is 14.0 Å². The van der Waals surface area contributed by atoms with E-state index < -0.39 is 17.6 Å². The normalized spacial score (nSPS) is 13.7. The lowest BCUT2D eigenvalue weighted by Crippen LogP contribution is -2.32. The van der Waals surface area contributed by atoms with Gasteiger partial charge >= 0.3 is 0 Å². The van der Waals surface area contributed by atoms with Gasteiger partial charge in [-0.1, -0.05) is 23.7 Å². The first-order valence-electron chi connectivity index (χ1n) is 9.54. The highest BCUT2D eigenvalue weighted by Gasteiger charge is 2.40. The zero-order chi connectivity index (χ0) is 22.1. The number of benzene rings is 3. The van der Waals surface area contributed by atoms with E-state index in [2.05, 4.69) is 5.32 Å². The van der Waals surface area contributed by atoms with E-state index in [1.807, 2.05) is 43.3 Å². The van der Waals surface area contributed by atoms with Gasteiger partial charge in [-0.15, -0.1) is 0 Å². The van der Waals surface area contributed by atoms with Gasteiger partial charge in [0.1, 0.15) is 11.5 Å². The molecule has 31 heavy (non-hydrogen) atoms. The third-order valence-corrected chi connectivity index (χ3v) is 5.21. The SMILES string of the molecule is CN(C)c1ccc(NC2=C(c3ccc(F)cc3)C(=O)N(c3ccc(Cl)cc3)C2=O)cc1. The number of anilines is 3. The number of carbonyl (C=O) groups is 2. The van der Waals surface area contributed by atoms with Gasteiger partial charge < -0.3 is 10.2 Å². The quantitative estimate of drug-likeness (QED) is 0.577. The summed E-state index contributed by atoms with van der Waals surface area (Å²) in [7, 11) is 3.86. The Balaban J connectivity index is 1.77. The van der Waals surface area contributed by atoms with Crippen LogP contribution in [0.2, 0.25) is 5.02 Å². The minimum absolute atomic E-state index is 0.129. The molecule has 0 atom stereocenters. The van der Waals surface area contributed by atoms with Crippen molar-refractivity contribution >= 4 is 46.1 Å². The molecule has 1 aliphatic heterocycles.